The lowest BCUT2D eigenvalue weighted by Gasteiger charge is -2.05. The Morgan fingerprint density at radius 2 is 2.31 bits per heavy atom. The molecule has 0 bridgehead atoms. The first kappa shape index (κ1) is 11.6. The van der Waals surface area contributed by atoms with Crippen molar-refractivity contribution in [1.82, 2.24) is 15.0 Å². The highest BCUT2D eigenvalue weighted by Gasteiger charge is 2.11. The van der Waals surface area contributed by atoms with Crippen molar-refractivity contribution in [3.63, 3.8) is 0 Å². The predicted molar refractivity (Wildman–Crippen MR) is 67.1 cm³/mol. The van der Waals surface area contributed by atoms with E-state index < -0.39 is 0 Å². The van der Waals surface area contributed by atoms with Gasteiger partial charge in [0.1, 0.15) is 0 Å². The average molecular weight is 256 g/mol. The molecule has 5 heteroatoms. The summed E-state index contributed by atoms with van der Waals surface area (Å²) in [6, 6.07) is 4.03. The fraction of sp³-hybridized carbons (Fsp3) is 0.455. The Morgan fingerprint density at radius 1 is 1.50 bits per heavy atom. The summed E-state index contributed by atoms with van der Waals surface area (Å²) in [5.74, 6) is 0.444. The number of nitrogens with zero attached hydrogens (tertiary/aromatic N) is 3. The van der Waals surface area contributed by atoms with Crippen LogP contribution in [0.25, 0.3) is 0 Å². The van der Waals surface area contributed by atoms with Crippen molar-refractivity contribution in [2.45, 2.75) is 32.7 Å². The molecule has 3 nitrogen and oxygen atoms in total. The molecular formula is C11H14ClN3S. The summed E-state index contributed by atoms with van der Waals surface area (Å²) in [5, 5.41) is 8.17. The maximum atomic E-state index is 5.92. The lowest BCUT2D eigenvalue weighted by molar-refractivity contribution is 0.626. The number of hydrogen-bond donors (Lipinski definition) is 0. The summed E-state index contributed by atoms with van der Waals surface area (Å²) in [6.07, 6.45) is 2.92. The first-order valence-electron chi connectivity index (χ1n) is 5.33. The molecule has 1 atom stereocenters. The van der Waals surface area contributed by atoms with Gasteiger partial charge in [0.05, 0.1) is 10.0 Å². The Labute approximate surface area is 104 Å². The van der Waals surface area contributed by atoms with E-state index in [2.05, 4.69) is 30.2 Å². The van der Waals surface area contributed by atoms with Gasteiger partial charge in [-0.05, 0) is 25.0 Å². The van der Waals surface area contributed by atoms with Gasteiger partial charge in [0, 0.05) is 24.0 Å². The average Bonchev–Trinajstić information content (AvgIpc) is 2.87. The molecule has 0 amide bonds. The minimum atomic E-state index is 0.444. The van der Waals surface area contributed by atoms with Crippen LogP contribution >= 0.6 is 22.9 Å². The molecule has 0 spiro atoms. The first-order chi connectivity index (χ1) is 7.69. The van der Waals surface area contributed by atoms with E-state index >= 15 is 0 Å². The highest BCUT2D eigenvalue weighted by molar-refractivity contribution is 7.16. The minimum absolute atomic E-state index is 0.444. The second kappa shape index (κ2) is 4.97. The van der Waals surface area contributed by atoms with Gasteiger partial charge in [0.15, 0.2) is 0 Å². The summed E-state index contributed by atoms with van der Waals surface area (Å²) in [5.41, 5.74) is 1.04. The van der Waals surface area contributed by atoms with Crippen LogP contribution in [0.15, 0.2) is 18.3 Å². The number of thiophene rings is 1. The zero-order chi connectivity index (χ0) is 11.5. The zero-order valence-electron chi connectivity index (χ0n) is 9.35. The van der Waals surface area contributed by atoms with E-state index in [0.717, 1.165) is 23.0 Å². The van der Waals surface area contributed by atoms with Crippen LogP contribution in [0.3, 0.4) is 0 Å². The van der Waals surface area contributed by atoms with Crippen LogP contribution in [-0.2, 0) is 13.0 Å². The van der Waals surface area contributed by atoms with Gasteiger partial charge in [-0.3, -0.25) is 4.68 Å². The quantitative estimate of drug-likeness (QED) is 0.839. The van der Waals surface area contributed by atoms with Gasteiger partial charge < -0.3 is 0 Å². The number of rotatable bonds is 4. The van der Waals surface area contributed by atoms with Crippen molar-refractivity contribution in [2.75, 3.05) is 0 Å². The Bertz CT molecular complexity index is 463. The van der Waals surface area contributed by atoms with Crippen LogP contribution in [0.2, 0.25) is 4.34 Å². The smallest absolute Gasteiger partial charge is 0.0931 e. The molecule has 0 N–H and O–H groups in total. The van der Waals surface area contributed by atoms with Crippen LogP contribution in [0.5, 0.6) is 0 Å². The molecule has 0 saturated heterocycles. The molecule has 86 valence electrons. The largest absolute Gasteiger partial charge is 0.253 e. The first-order valence-corrected chi connectivity index (χ1v) is 6.52. The molecule has 0 radical (unpaired) electrons. The molecule has 0 aliphatic heterocycles. The van der Waals surface area contributed by atoms with E-state index in [1.54, 1.807) is 11.3 Å². The lowest BCUT2D eigenvalue weighted by atomic mass is 10.0. The van der Waals surface area contributed by atoms with Crippen molar-refractivity contribution >= 4 is 22.9 Å². The fourth-order valence-electron chi connectivity index (χ4n) is 1.59. The van der Waals surface area contributed by atoms with Crippen molar-refractivity contribution < 1.29 is 0 Å². The molecule has 1 unspecified atom stereocenters. The SMILES string of the molecule is CCn1cc(CC(C)c2ccc(Cl)s2)nn1. The molecule has 0 aliphatic carbocycles. The second-order valence-corrected chi connectivity index (χ2v) is 5.56. The standard InChI is InChI=1S/C11H14ClN3S/c1-3-15-7-9(13-14-15)6-8(2)10-4-5-11(12)16-10/h4-5,7-8H,3,6H2,1-2H3. The maximum Gasteiger partial charge on any atom is 0.0931 e. The van der Waals surface area contributed by atoms with Crippen LogP contribution in [0.4, 0.5) is 0 Å². The van der Waals surface area contributed by atoms with Crippen LogP contribution < -0.4 is 0 Å². The molecule has 2 aromatic heterocycles. The lowest BCUT2D eigenvalue weighted by Crippen LogP contribution is -1.96. The highest BCUT2D eigenvalue weighted by atomic mass is 35.5. The Balaban J connectivity index is 2.04. The molecule has 2 aromatic rings. The number of hydrogen-bond acceptors (Lipinski definition) is 3. The van der Waals surface area contributed by atoms with Crippen LogP contribution in [0.1, 0.15) is 30.3 Å². The van der Waals surface area contributed by atoms with Crippen molar-refractivity contribution in [2.24, 2.45) is 0 Å². The second-order valence-electron chi connectivity index (χ2n) is 3.81. The van der Waals surface area contributed by atoms with Gasteiger partial charge >= 0.3 is 0 Å². The van der Waals surface area contributed by atoms with Crippen molar-refractivity contribution in [1.29, 1.82) is 0 Å². The zero-order valence-corrected chi connectivity index (χ0v) is 10.9. The van der Waals surface area contributed by atoms with Crippen LogP contribution in [-0.4, -0.2) is 15.0 Å². The van der Waals surface area contributed by atoms with Gasteiger partial charge in [0.25, 0.3) is 0 Å². The molecule has 0 aromatic carbocycles. The summed E-state index contributed by atoms with van der Waals surface area (Å²) in [6.45, 7) is 5.11. The molecule has 2 heterocycles. The fourth-order valence-corrected chi connectivity index (χ4v) is 2.71. The molecule has 0 aliphatic rings. The summed E-state index contributed by atoms with van der Waals surface area (Å²) in [7, 11) is 0. The molecule has 2 rings (SSSR count). The molecule has 16 heavy (non-hydrogen) atoms. The highest BCUT2D eigenvalue weighted by Crippen LogP contribution is 2.29. The van der Waals surface area contributed by atoms with Gasteiger partial charge in [-0.2, -0.15) is 0 Å². The third-order valence-corrected chi connectivity index (χ3v) is 3.97. The van der Waals surface area contributed by atoms with Gasteiger partial charge in [0.2, 0.25) is 0 Å². The normalized spacial score (nSPS) is 12.9. The van der Waals surface area contributed by atoms with E-state index in [0.29, 0.717) is 5.92 Å². The monoisotopic (exact) mass is 255 g/mol. The van der Waals surface area contributed by atoms with E-state index in [-0.39, 0.29) is 0 Å². The van der Waals surface area contributed by atoms with Crippen molar-refractivity contribution in [3.8, 4) is 0 Å². The molecular weight excluding hydrogens is 242 g/mol. The predicted octanol–water partition coefficient (Wildman–Crippen LogP) is 3.36. The summed E-state index contributed by atoms with van der Waals surface area (Å²) in [4.78, 5) is 1.30. The Hall–Kier alpha value is -0.870. The van der Waals surface area contributed by atoms with E-state index in [1.807, 2.05) is 16.9 Å². The number of aryl methyl sites for hydroxylation is 1. The molecule has 0 saturated carbocycles. The van der Waals surface area contributed by atoms with Crippen LogP contribution in [0, 0.1) is 0 Å². The third-order valence-electron chi connectivity index (χ3n) is 2.51. The third kappa shape index (κ3) is 2.62. The topological polar surface area (TPSA) is 30.7 Å². The van der Waals surface area contributed by atoms with Crippen molar-refractivity contribution in [3.05, 3.63) is 33.2 Å². The molecule has 0 fully saturated rings. The number of halogens is 1. The van der Waals surface area contributed by atoms with E-state index in [4.69, 9.17) is 11.6 Å². The van der Waals surface area contributed by atoms with E-state index in [1.165, 1.54) is 4.88 Å². The summed E-state index contributed by atoms with van der Waals surface area (Å²) >= 11 is 7.56. The van der Waals surface area contributed by atoms with E-state index in [9.17, 15) is 0 Å². The maximum absolute atomic E-state index is 5.92. The number of aromatic nitrogens is 3. The minimum Gasteiger partial charge on any atom is -0.253 e. The Kier molecular flexibility index (Phi) is 3.61. The Morgan fingerprint density at radius 3 is 2.88 bits per heavy atom. The van der Waals surface area contributed by atoms with Gasteiger partial charge in [-0.25, -0.2) is 0 Å². The van der Waals surface area contributed by atoms with Gasteiger partial charge in [-0.1, -0.05) is 23.7 Å². The summed E-state index contributed by atoms with van der Waals surface area (Å²) < 4.78 is 2.70. The van der Waals surface area contributed by atoms with Gasteiger partial charge in [-0.15, -0.1) is 16.4 Å².